The average Bonchev–Trinajstić information content (AvgIpc) is 2.37. The van der Waals surface area contributed by atoms with Crippen molar-refractivity contribution in [1.29, 1.82) is 0 Å². The van der Waals surface area contributed by atoms with Crippen LogP contribution in [0.3, 0.4) is 0 Å². The highest BCUT2D eigenvalue weighted by atomic mass is 16.3. The van der Waals surface area contributed by atoms with Gasteiger partial charge in [0.2, 0.25) is 0 Å². The molecule has 1 aromatic carbocycles. The lowest BCUT2D eigenvalue weighted by molar-refractivity contribution is 0.137. The maximum absolute atomic E-state index is 10.2. The summed E-state index contributed by atoms with van der Waals surface area (Å²) >= 11 is 0. The van der Waals surface area contributed by atoms with Crippen LogP contribution in [0, 0.1) is 12.8 Å². The molecule has 106 valence electrons. The number of aliphatic hydroxyl groups excluding tert-OH is 1. The predicted octanol–water partition coefficient (Wildman–Crippen LogP) is 1.96. The third-order valence-electron chi connectivity index (χ3n) is 4.11. The van der Waals surface area contributed by atoms with Crippen molar-refractivity contribution in [3.05, 3.63) is 35.4 Å². The van der Waals surface area contributed by atoms with Crippen molar-refractivity contribution in [2.75, 3.05) is 26.7 Å². The summed E-state index contributed by atoms with van der Waals surface area (Å²) in [5.74, 6) is 0.642. The van der Waals surface area contributed by atoms with E-state index in [1.165, 1.54) is 5.56 Å². The van der Waals surface area contributed by atoms with Gasteiger partial charge in [-0.05, 0) is 38.4 Å². The van der Waals surface area contributed by atoms with Crippen LogP contribution < -0.4 is 5.32 Å². The molecule has 0 aliphatic carbocycles. The quantitative estimate of drug-likeness (QED) is 0.870. The number of hydrogen-bond acceptors (Lipinski definition) is 3. The lowest BCUT2D eigenvalue weighted by Gasteiger charge is -2.35. The van der Waals surface area contributed by atoms with Gasteiger partial charge in [0, 0.05) is 19.1 Å². The molecule has 1 fully saturated rings. The molecule has 0 spiro atoms. The monoisotopic (exact) mass is 262 g/mol. The number of likely N-dealkylation sites (tertiary alicyclic amines) is 1. The number of nitrogens with one attached hydrogen (secondary N) is 1. The topological polar surface area (TPSA) is 35.5 Å². The van der Waals surface area contributed by atoms with Crippen molar-refractivity contribution >= 4 is 0 Å². The van der Waals surface area contributed by atoms with Gasteiger partial charge in [-0.3, -0.25) is 0 Å². The van der Waals surface area contributed by atoms with Crippen molar-refractivity contribution in [1.82, 2.24) is 10.2 Å². The van der Waals surface area contributed by atoms with Crippen LogP contribution in [0.4, 0.5) is 0 Å². The highest BCUT2D eigenvalue weighted by molar-refractivity contribution is 5.24. The predicted molar refractivity (Wildman–Crippen MR) is 79.2 cm³/mol. The zero-order valence-electron chi connectivity index (χ0n) is 12.3. The van der Waals surface area contributed by atoms with Gasteiger partial charge in [0.25, 0.3) is 0 Å². The fourth-order valence-corrected chi connectivity index (χ4v) is 2.92. The zero-order chi connectivity index (χ0) is 13.8. The van der Waals surface area contributed by atoms with E-state index < -0.39 is 6.10 Å². The largest absolute Gasteiger partial charge is 0.387 e. The van der Waals surface area contributed by atoms with Crippen LogP contribution in [-0.2, 0) is 0 Å². The molecule has 0 amide bonds. The number of aliphatic hydroxyl groups is 1. The Morgan fingerprint density at radius 3 is 2.95 bits per heavy atom. The Morgan fingerprint density at radius 2 is 2.26 bits per heavy atom. The van der Waals surface area contributed by atoms with Gasteiger partial charge in [-0.15, -0.1) is 0 Å². The molecule has 1 heterocycles. The lowest BCUT2D eigenvalue weighted by atomic mass is 9.94. The fourth-order valence-electron chi connectivity index (χ4n) is 2.92. The minimum absolute atomic E-state index is 0.410. The summed E-state index contributed by atoms with van der Waals surface area (Å²) in [6.07, 6.45) is 0.754. The van der Waals surface area contributed by atoms with Crippen LogP contribution in [-0.4, -0.2) is 42.7 Å². The smallest absolute Gasteiger partial charge is 0.0914 e. The molecule has 0 radical (unpaired) electrons. The van der Waals surface area contributed by atoms with E-state index >= 15 is 0 Å². The normalized spacial score (nSPS) is 26.3. The van der Waals surface area contributed by atoms with Crippen molar-refractivity contribution < 1.29 is 5.11 Å². The van der Waals surface area contributed by atoms with Gasteiger partial charge >= 0.3 is 0 Å². The van der Waals surface area contributed by atoms with Gasteiger partial charge in [0.1, 0.15) is 0 Å². The Morgan fingerprint density at radius 1 is 1.47 bits per heavy atom. The van der Waals surface area contributed by atoms with Gasteiger partial charge < -0.3 is 15.3 Å². The number of hydrogen-bond donors (Lipinski definition) is 2. The van der Waals surface area contributed by atoms with Crippen molar-refractivity contribution in [3.8, 4) is 0 Å². The molecule has 3 nitrogen and oxygen atoms in total. The van der Waals surface area contributed by atoms with Crippen molar-refractivity contribution in [2.45, 2.75) is 32.4 Å². The average molecular weight is 262 g/mol. The molecular formula is C16H26N2O. The minimum atomic E-state index is -0.410. The van der Waals surface area contributed by atoms with E-state index in [4.69, 9.17) is 0 Å². The molecule has 19 heavy (non-hydrogen) atoms. The second kappa shape index (κ2) is 6.51. The molecule has 2 N–H and O–H groups in total. The first-order valence-corrected chi connectivity index (χ1v) is 7.23. The van der Waals surface area contributed by atoms with Gasteiger partial charge in [0.15, 0.2) is 0 Å². The molecule has 0 saturated carbocycles. The molecule has 3 atom stereocenters. The first-order chi connectivity index (χ1) is 9.06. The van der Waals surface area contributed by atoms with E-state index in [1.54, 1.807) is 0 Å². The second-order valence-electron chi connectivity index (χ2n) is 5.97. The van der Waals surface area contributed by atoms with Crippen LogP contribution in [0.5, 0.6) is 0 Å². The van der Waals surface area contributed by atoms with Gasteiger partial charge in [-0.25, -0.2) is 0 Å². The first kappa shape index (κ1) is 14.5. The van der Waals surface area contributed by atoms with Crippen molar-refractivity contribution in [3.63, 3.8) is 0 Å². The van der Waals surface area contributed by atoms with Crippen LogP contribution in [0.2, 0.25) is 0 Å². The number of aryl methyl sites for hydroxylation is 1. The number of rotatable bonds is 4. The molecule has 1 aromatic rings. The Kier molecular flexibility index (Phi) is 4.97. The minimum Gasteiger partial charge on any atom is -0.387 e. The van der Waals surface area contributed by atoms with E-state index in [0.717, 1.165) is 25.1 Å². The summed E-state index contributed by atoms with van der Waals surface area (Å²) in [6.45, 7) is 7.26. The highest BCUT2D eigenvalue weighted by Crippen LogP contribution is 2.18. The Balaban J connectivity index is 1.85. The third-order valence-corrected chi connectivity index (χ3v) is 4.11. The maximum Gasteiger partial charge on any atom is 0.0914 e. The van der Waals surface area contributed by atoms with Gasteiger partial charge in [-0.2, -0.15) is 0 Å². The summed E-state index contributed by atoms with van der Waals surface area (Å²) in [5, 5.41) is 13.8. The maximum atomic E-state index is 10.2. The Labute approximate surface area is 116 Å². The molecular weight excluding hydrogens is 236 g/mol. The molecule has 1 aliphatic rings. The summed E-state index contributed by atoms with van der Waals surface area (Å²) in [5.41, 5.74) is 2.21. The summed E-state index contributed by atoms with van der Waals surface area (Å²) in [4.78, 5) is 2.37. The molecule has 3 heteroatoms. The number of benzene rings is 1. The van der Waals surface area contributed by atoms with E-state index in [-0.39, 0.29) is 0 Å². The van der Waals surface area contributed by atoms with Crippen LogP contribution in [0.1, 0.15) is 30.6 Å². The van der Waals surface area contributed by atoms with E-state index in [9.17, 15) is 5.11 Å². The number of piperidine rings is 1. The van der Waals surface area contributed by atoms with Crippen LogP contribution in [0.25, 0.3) is 0 Å². The van der Waals surface area contributed by atoms with Crippen LogP contribution >= 0.6 is 0 Å². The molecule has 3 unspecified atom stereocenters. The molecule has 1 aliphatic heterocycles. The van der Waals surface area contributed by atoms with Crippen LogP contribution in [0.15, 0.2) is 24.3 Å². The SMILES string of the molecule is Cc1cccc(C(O)CNC2CCN(C)CC2C)c1. The standard InChI is InChI=1S/C16H26N2O/c1-12-5-4-6-14(9-12)16(19)10-17-15-7-8-18(3)11-13(15)2/h4-6,9,13,15-17,19H,7-8,10-11H2,1-3H3. The van der Waals surface area contributed by atoms with E-state index in [1.807, 2.05) is 12.1 Å². The second-order valence-corrected chi connectivity index (χ2v) is 5.97. The number of nitrogens with zero attached hydrogens (tertiary/aromatic N) is 1. The molecule has 1 saturated heterocycles. The molecule has 0 aromatic heterocycles. The summed E-state index contributed by atoms with van der Waals surface area (Å²) in [7, 11) is 2.17. The Hall–Kier alpha value is -0.900. The lowest BCUT2D eigenvalue weighted by Crippen LogP contribution is -2.47. The summed E-state index contributed by atoms with van der Waals surface area (Å²) in [6, 6.07) is 8.65. The van der Waals surface area contributed by atoms with E-state index in [2.05, 4.69) is 43.2 Å². The first-order valence-electron chi connectivity index (χ1n) is 7.23. The third kappa shape index (κ3) is 4.03. The van der Waals surface area contributed by atoms with Gasteiger partial charge in [0.05, 0.1) is 6.10 Å². The van der Waals surface area contributed by atoms with Crippen molar-refractivity contribution in [2.24, 2.45) is 5.92 Å². The molecule has 2 rings (SSSR count). The van der Waals surface area contributed by atoms with Gasteiger partial charge in [-0.1, -0.05) is 36.8 Å². The van der Waals surface area contributed by atoms with E-state index in [0.29, 0.717) is 18.5 Å². The Bertz CT molecular complexity index is 407. The zero-order valence-corrected chi connectivity index (χ0v) is 12.3. The molecule has 0 bridgehead atoms. The summed E-state index contributed by atoms with van der Waals surface area (Å²) < 4.78 is 0. The highest BCUT2D eigenvalue weighted by Gasteiger charge is 2.24. The fraction of sp³-hybridized carbons (Fsp3) is 0.625.